The van der Waals surface area contributed by atoms with Gasteiger partial charge in [-0.1, -0.05) is 6.07 Å². The molecule has 8 nitrogen and oxygen atoms in total. The second kappa shape index (κ2) is 9.71. The Labute approximate surface area is 214 Å². The molecular formula is C27H29N5O3S. The molecule has 3 aromatic rings. The molecule has 2 saturated heterocycles. The van der Waals surface area contributed by atoms with Crippen LogP contribution in [0.2, 0.25) is 0 Å². The molecule has 1 aromatic heterocycles. The van der Waals surface area contributed by atoms with Gasteiger partial charge >= 0.3 is 0 Å². The summed E-state index contributed by atoms with van der Waals surface area (Å²) in [4.78, 5) is 37.2. The molecule has 0 bridgehead atoms. The van der Waals surface area contributed by atoms with E-state index in [0.717, 1.165) is 77.4 Å². The van der Waals surface area contributed by atoms with Gasteiger partial charge in [-0.15, -0.1) is 11.8 Å². The molecular weight excluding hydrogens is 474 g/mol. The fourth-order valence-electron chi connectivity index (χ4n) is 5.69. The van der Waals surface area contributed by atoms with Crippen molar-refractivity contribution in [1.29, 1.82) is 0 Å². The van der Waals surface area contributed by atoms with E-state index in [1.54, 1.807) is 25.2 Å². The van der Waals surface area contributed by atoms with E-state index in [2.05, 4.69) is 25.5 Å². The number of hydrogen-bond donors (Lipinski definition) is 2. The first kappa shape index (κ1) is 23.2. The smallest absolute Gasteiger partial charge is 0.234 e. The summed E-state index contributed by atoms with van der Waals surface area (Å²) in [5.41, 5.74) is 3.84. The minimum Gasteiger partial charge on any atom is -0.497 e. The topological polar surface area (TPSA) is 96.5 Å². The Balaban J connectivity index is 1.08. The van der Waals surface area contributed by atoms with E-state index in [1.165, 1.54) is 0 Å². The normalized spacial score (nSPS) is 22.8. The molecule has 3 aliphatic heterocycles. The summed E-state index contributed by atoms with van der Waals surface area (Å²) >= 11 is 1.54. The third-order valence-corrected chi connectivity index (χ3v) is 8.62. The first-order valence-corrected chi connectivity index (χ1v) is 13.4. The zero-order valence-corrected chi connectivity index (χ0v) is 21.0. The number of ether oxygens (including phenoxy) is 1. The van der Waals surface area contributed by atoms with Crippen molar-refractivity contribution in [3.63, 3.8) is 0 Å². The first-order valence-electron chi connectivity index (χ1n) is 12.5. The number of anilines is 1. The fourth-order valence-corrected chi connectivity index (χ4v) is 6.47. The number of thioether (sulfide) groups is 1. The van der Waals surface area contributed by atoms with Crippen LogP contribution in [0.5, 0.6) is 5.75 Å². The number of likely N-dealkylation sites (tertiary alicyclic amines) is 1. The Morgan fingerprint density at radius 3 is 2.81 bits per heavy atom. The van der Waals surface area contributed by atoms with Gasteiger partial charge in [-0.2, -0.15) is 0 Å². The third-order valence-electron chi connectivity index (χ3n) is 7.55. The predicted octanol–water partition coefficient (Wildman–Crippen LogP) is 3.53. The molecule has 9 heteroatoms. The SMILES string of the molecule is COc1ccc2ncnc(C3CCN(CC4C[C@H](c5ccc6c(c5)NC(=O)CS6)C(=O)N4)CC3)c2c1. The highest BCUT2D eigenvalue weighted by Gasteiger charge is 2.35. The summed E-state index contributed by atoms with van der Waals surface area (Å²) in [6.45, 7) is 2.80. The van der Waals surface area contributed by atoms with Crippen LogP contribution in [0.15, 0.2) is 47.6 Å². The highest BCUT2D eigenvalue weighted by molar-refractivity contribution is 8.00. The summed E-state index contributed by atoms with van der Waals surface area (Å²) in [6, 6.07) is 12.1. The molecule has 0 spiro atoms. The average molecular weight is 504 g/mol. The number of methoxy groups -OCH3 is 1. The van der Waals surface area contributed by atoms with Crippen LogP contribution < -0.4 is 15.4 Å². The van der Waals surface area contributed by atoms with E-state index in [4.69, 9.17) is 4.74 Å². The molecule has 2 N–H and O–H groups in total. The second-order valence-electron chi connectivity index (χ2n) is 9.80. The lowest BCUT2D eigenvalue weighted by molar-refractivity contribution is -0.120. The van der Waals surface area contributed by atoms with Crippen molar-refractivity contribution >= 4 is 40.2 Å². The molecule has 0 saturated carbocycles. The van der Waals surface area contributed by atoms with E-state index in [9.17, 15) is 9.59 Å². The number of amides is 2. The van der Waals surface area contributed by atoms with Crippen LogP contribution in [-0.2, 0) is 9.59 Å². The summed E-state index contributed by atoms with van der Waals surface area (Å²) in [7, 11) is 1.68. The van der Waals surface area contributed by atoms with Crippen LogP contribution in [0.3, 0.4) is 0 Å². The number of nitrogens with one attached hydrogen (secondary N) is 2. The fraction of sp³-hybridized carbons (Fsp3) is 0.407. The van der Waals surface area contributed by atoms with Crippen molar-refractivity contribution in [2.24, 2.45) is 0 Å². The van der Waals surface area contributed by atoms with E-state index < -0.39 is 0 Å². The van der Waals surface area contributed by atoms with E-state index in [-0.39, 0.29) is 23.8 Å². The van der Waals surface area contributed by atoms with E-state index >= 15 is 0 Å². The lowest BCUT2D eigenvalue weighted by Gasteiger charge is -2.33. The van der Waals surface area contributed by atoms with Crippen LogP contribution in [0.1, 0.15) is 42.4 Å². The second-order valence-corrected chi connectivity index (χ2v) is 10.8. The van der Waals surface area contributed by atoms with Crippen LogP contribution >= 0.6 is 11.8 Å². The molecule has 2 aromatic carbocycles. The molecule has 2 amide bonds. The van der Waals surface area contributed by atoms with Crippen molar-refractivity contribution in [1.82, 2.24) is 20.2 Å². The van der Waals surface area contributed by atoms with Gasteiger partial charge in [-0.05, 0) is 68.2 Å². The van der Waals surface area contributed by atoms with E-state index in [1.807, 2.05) is 36.4 Å². The number of aromatic nitrogens is 2. The summed E-state index contributed by atoms with van der Waals surface area (Å²) in [6.07, 6.45) is 4.48. The molecule has 36 heavy (non-hydrogen) atoms. The Morgan fingerprint density at radius 1 is 1.11 bits per heavy atom. The molecule has 6 rings (SSSR count). The largest absolute Gasteiger partial charge is 0.497 e. The molecule has 0 aliphatic carbocycles. The maximum atomic E-state index is 12.8. The lowest BCUT2D eigenvalue weighted by atomic mass is 9.90. The van der Waals surface area contributed by atoms with E-state index in [0.29, 0.717) is 11.7 Å². The number of fused-ring (bicyclic) bond motifs is 2. The molecule has 2 fully saturated rings. The molecule has 1 unspecified atom stereocenters. The lowest BCUT2D eigenvalue weighted by Crippen LogP contribution is -2.42. The maximum Gasteiger partial charge on any atom is 0.234 e. The molecule has 3 aliphatic rings. The Morgan fingerprint density at radius 2 is 1.97 bits per heavy atom. The highest BCUT2D eigenvalue weighted by atomic mass is 32.2. The van der Waals surface area contributed by atoms with Gasteiger partial charge in [-0.25, -0.2) is 9.97 Å². The van der Waals surface area contributed by atoms with Crippen LogP contribution in [0.4, 0.5) is 5.69 Å². The highest BCUT2D eigenvalue weighted by Crippen LogP contribution is 2.37. The number of nitrogens with zero attached hydrogens (tertiary/aromatic N) is 3. The quantitative estimate of drug-likeness (QED) is 0.550. The van der Waals surface area contributed by atoms with Crippen molar-refractivity contribution < 1.29 is 14.3 Å². The van der Waals surface area contributed by atoms with Gasteiger partial charge in [0.05, 0.1) is 35.7 Å². The van der Waals surface area contributed by atoms with Crippen molar-refractivity contribution in [3.05, 3.63) is 54.0 Å². The number of benzene rings is 2. The number of carbonyl (C=O) groups is 2. The molecule has 2 atom stereocenters. The van der Waals surface area contributed by atoms with Gasteiger partial charge in [0.1, 0.15) is 12.1 Å². The van der Waals surface area contributed by atoms with Gasteiger partial charge in [-0.3, -0.25) is 9.59 Å². The zero-order chi connectivity index (χ0) is 24.6. The van der Waals surface area contributed by atoms with Gasteiger partial charge in [0.25, 0.3) is 0 Å². The van der Waals surface area contributed by atoms with Gasteiger partial charge in [0, 0.05) is 28.8 Å². The van der Waals surface area contributed by atoms with Gasteiger partial charge in [0.2, 0.25) is 11.8 Å². The van der Waals surface area contributed by atoms with Crippen molar-refractivity contribution in [2.75, 3.05) is 37.8 Å². The monoisotopic (exact) mass is 503 g/mol. The summed E-state index contributed by atoms with van der Waals surface area (Å²) in [5.74, 6) is 1.55. The molecule has 0 radical (unpaired) electrons. The van der Waals surface area contributed by atoms with Crippen LogP contribution in [-0.4, -0.2) is 65.2 Å². The van der Waals surface area contributed by atoms with Gasteiger partial charge < -0.3 is 20.3 Å². The van der Waals surface area contributed by atoms with Gasteiger partial charge in [0.15, 0.2) is 0 Å². The zero-order valence-electron chi connectivity index (χ0n) is 20.2. The number of carbonyl (C=O) groups excluding carboxylic acids is 2. The summed E-state index contributed by atoms with van der Waals surface area (Å²) in [5, 5.41) is 7.22. The maximum absolute atomic E-state index is 12.8. The van der Waals surface area contributed by atoms with Crippen LogP contribution in [0, 0.1) is 0 Å². The Bertz CT molecular complexity index is 1320. The molecule has 4 heterocycles. The molecule has 186 valence electrons. The number of hydrogen-bond acceptors (Lipinski definition) is 7. The third kappa shape index (κ3) is 4.53. The minimum absolute atomic E-state index is 0.0101. The predicted molar refractivity (Wildman–Crippen MR) is 140 cm³/mol. The standard InChI is InChI=1S/C27H29N5O3S/c1-35-19-3-4-22-21(12-19)26(29-15-28-22)16-6-8-32(9-7-16)13-18-11-20(27(34)30-18)17-2-5-24-23(10-17)31-25(33)14-36-24/h2-5,10,12,15-16,18,20H,6-9,11,13-14H2,1H3,(H,30,34)(H,31,33)/t18?,20-/m1/s1. The van der Waals surface area contributed by atoms with Crippen molar-refractivity contribution in [2.45, 2.75) is 42.0 Å². The van der Waals surface area contributed by atoms with Crippen LogP contribution in [0.25, 0.3) is 10.9 Å². The number of rotatable bonds is 5. The first-order chi connectivity index (χ1) is 17.6. The number of piperidine rings is 1. The summed E-state index contributed by atoms with van der Waals surface area (Å²) < 4.78 is 5.42. The Hall–Kier alpha value is -3.17. The Kier molecular flexibility index (Phi) is 6.27. The van der Waals surface area contributed by atoms with Crippen molar-refractivity contribution in [3.8, 4) is 5.75 Å². The average Bonchev–Trinajstić information content (AvgIpc) is 3.27. The minimum atomic E-state index is -0.177.